The number of carbonyl (C=O) groups is 1. The molecule has 0 unspecified atom stereocenters. The number of alkyl halides is 1. The molecule has 0 aliphatic heterocycles. The summed E-state index contributed by atoms with van der Waals surface area (Å²) in [6, 6.07) is 2.80. The lowest BCUT2D eigenvalue weighted by Gasteiger charge is -2.08. The lowest BCUT2D eigenvalue weighted by molar-refractivity contribution is 0.0692. The number of rotatable bonds is 3. The molecular formula is C11H10BrFO2. The lowest BCUT2D eigenvalue weighted by atomic mass is 10.0. The molecule has 4 heteroatoms. The number of aromatic carboxylic acids is 1. The fourth-order valence-corrected chi connectivity index (χ4v) is 2.17. The highest BCUT2D eigenvalue weighted by Gasteiger charge is 2.27. The van der Waals surface area contributed by atoms with E-state index in [9.17, 15) is 9.18 Å². The first kappa shape index (κ1) is 10.6. The van der Waals surface area contributed by atoms with Crippen LogP contribution in [-0.2, 0) is 5.33 Å². The van der Waals surface area contributed by atoms with E-state index in [0.717, 1.165) is 24.0 Å². The molecule has 2 nitrogen and oxygen atoms in total. The number of carboxylic acid groups (broad SMARTS) is 1. The van der Waals surface area contributed by atoms with Gasteiger partial charge in [0.15, 0.2) is 0 Å². The maximum atomic E-state index is 13.4. The maximum Gasteiger partial charge on any atom is 0.338 e. The molecule has 1 aliphatic carbocycles. The van der Waals surface area contributed by atoms with E-state index in [2.05, 4.69) is 15.9 Å². The molecule has 2 rings (SSSR count). The van der Waals surface area contributed by atoms with Gasteiger partial charge in [0, 0.05) is 5.33 Å². The van der Waals surface area contributed by atoms with Crippen LogP contribution in [-0.4, -0.2) is 11.1 Å². The third kappa shape index (κ3) is 2.04. The zero-order valence-corrected chi connectivity index (χ0v) is 9.55. The topological polar surface area (TPSA) is 37.3 Å². The third-order valence-electron chi connectivity index (χ3n) is 2.62. The van der Waals surface area contributed by atoms with Crippen LogP contribution in [0, 0.1) is 5.82 Å². The molecule has 15 heavy (non-hydrogen) atoms. The van der Waals surface area contributed by atoms with E-state index >= 15 is 0 Å². The van der Waals surface area contributed by atoms with Crippen LogP contribution in [0.5, 0.6) is 0 Å². The molecule has 1 fully saturated rings. The second-order valence-electron chi connectivity index (χ2n) is 3.74. The summed E-state index contributed by atoms with van der Waals surface area (Å²) in [6.45, 7) is 0. The van der Waals surface area contributed by atoms with Crippen molar-refractivity contribution in [1.82, 2.24) is 0 Å². The normalized spacial score (nSPS) is 15.3. The van der Waals surface area contributed by atoms with Gasteiger partial charge in [0.05, 0.1) is 5.56 Å². The number of halogens is 2. The van der Waals surface area contributed by atoms with Crippen LogP contribution in [0.15, 0.2) is 12.1 Å². The fourth-order valence-electron chi connectivity index (χ4n) is 1.69. The van der Waals surface area contributed by atoms with Crippen LogP contribution in [0.3, 0.4) is 0 Å². The molecule has 1 N–H and O–H groups in total. The van der Waals surface area contributed by atoms with Crippen LogP contribution in [0.1, 0.15) is 40.2 Å². The van der Waals surface area contributed by atoms with Crippen molar-refractivity contribution in [2.45, 2.75) is 24.1 Å². The van der Waals surface area contributed by atoms with E-state index in [1.165, 1.54) is 12.1 Å². The first-order chi connectivity index (χ1) is 7.13. The summed E-state index contributed by atoms with van der Waals surface area (Å²) in [5.41, 5.74) is 1.62. The molecule has 80 valence electrons. The Morgan fingerprint density at radius 1 is 1.53 bits per heavy atom. The van der Waals surface area contributed by atoms with Gasteiger partial charge < -0.3 is 5.11 Å². The van der Waals surface area contributed by atoms with Gasteiger partial charge in [-0.25, -0.2) is 9.18 Å². The molecular weight excluding hydrogens is 263 g/mol. The molecule has 0 bridgehead atoms. The standard InChI is InChI=1S/C11H10BrFO2/c12-5-7-3-10(13)9(11(14)15)4-8(7)6-1-2-6/h3-4,6H,1-2,5H2,(H,14,15). The van der Waals surface area contributed by atoms with Crippen molar-refractivity contribution < 1.29 is 14.3 Å². The summed E-state index contributed by atoms with van der Waals surface area (Å²) < 4.78 is 13.4. The Balaban J connectivity index is 2.51. The minimum Gasteiger partial charge on any atom is -0.478 e. The van der Waals surface area contributed by atoms with Gasteiger partial charge in [-0.2, -0.15) is 0 Å². The third-order valence-corrected chi connectivity index (χ3v) is 3.22. The van der Waals surface area contributed by atoms with Crippen molar-refractivity contribution >= 4 is 21.9 Å². The Bertz CT molecular complexity index is 413. The fraction of sp³-hybridized carbons (Fsp3) is 0.364. The second-order valence-corrected chi connectivity index (χ2v) is 4.30. The van der Waals surface area contributed by atoms with Gasteiger partial charge in [-0.15, -0.1) is 0 Å². The molecule has 1 aromatic carbocycles. The molecule has 0 heterocycles. The quantitative estimate of drug-likeness (QED) is 0.858. The highest BCUT2D eigenvalue weighted by atomic mass is 79.9. The van der Waals surface area contributed by atoms with Crippen molar-refractivity contribution in [1.29, 1.82) is 0 Å². The Morgan fingerprint density at radius 3 is 2.67 bits per heavy atom. The van der Waals surface area contributed by atoms with Crippen molar-refractivity contribution in [2.24, 2.45) is 0 Å². The summed E-state index contributed by atoms with van der Waals surface area (Å²) in [5.74, 6) is -1.42. The lowest BCUT2D eigenvalue weighted by Crippen LogP contribution is -2.03. The van der Waals surface area contributed by atoms with Crippen molar-refractivity contribution in [3.05, 3.63) is 34.6 Å². The predicted molar refractivity (Wildman–Crippen MR) is 58.0 cm³/mol. The monoisotopic (exact) mass is 272 g/mol. The Hall–Kier alpha value is -0.900. The van der Waals surface area contributed by atoms with E-state index in [1.807, 2.05) is 0 Å². The van der Waals surface area contributed by atoms with Crippen molar-refractivity contribution in [2.75, 3.05) is 0 Å². The zero-order valence-electron chi connectivity index (χ0n) is 7.96. The van der Waals surface area contributed by atoms with E-state index in [4.69, 9.17) is 5.11 Å². The number of hydrogen-bond acceptors (Lipinski definition) is 1. The summed E-state index contributed by atoms with van der Waals surface area (Å²) in [6.07, 6.45) is 2.15. The molecule has 0 radical (unpaired) electrons. The van der Waals surface area contributed by atoms with Gasteiger partial charge >= 0.3 is 5.97 Å². The van der Waals surface area contributed by atoms with Crippen LogP contribution in [0.25, 0.3) is 0 Å². The predicted octanol–water partition coefficient (Wildman–Crippen LogP) is 3.30. The minimum absolute atomic E-state index is 0.221. The van der Waals surface area contributed by atoms with Crippen molar-refractivity contribution in [3.63, 3.8) is 0 Å². The first-order valence-corrected chi connectivity index (χ1v) is 5.87. The Labute approximate surface area is 95.2 Å². The smallest absolute Gasteiger partial charge is 0.338 e. The molecule has 0 atom stereocenters. The van der Waals surface area contributed by atoms with Crippen LogP contribution in [0.2, 0.25) is 0 Å². The van der Waals surface area contributed by atoms with Crippen LogP contribution >= 0.6 is 15.9 Å². The largest absolute Gasteiger partial charge is 0.478 e. The van der Waals surface area contributed by atoms with Gasteiger partial charge in [0.2, 0.25) is 0 Å². The SMILES string of the molecule is O=C(O)c1cc(C2CC2)c(CBr)cc1F. The van der Waals surface area contributed by atoms with Gasteiger partial charge in [0.25, 0.3) is 0 Å². The number of hydrogen-bond donors (Lipinski definition) is 1. The number of carboxylic acids is 1. The molecule has 1 aromatic rings. The molecule has 0 saturated heterocycles. The van der Waals surface area contributed by atoms with Gasteiger partial charge in [-0.1, -0.05) is 15.9 Å². The average Bonchev–Trinajstić information content (AvgIpc) is 3.00. The summed E-state index contributed by atoms with van der Waals surface area (Å²) in [4.78, 5) is 10.8. The summed E-state index contributed by atoms with van der Waals surface area (Å²) in [5, 5.41) is 9.37. The first-order valence-electron chi connectivity index (χ1n) is 4.75. The van der Waals surface area contributed by atoms with Gasteiger partial charge in [-0.05, 0) is 42.0 Å². The highest BCUT2D eigenvalue weighted by Crippen LogP contribution is 2.42. The number of benzene rings is 1. The molecule has 1 aliphatic rings. The van der Waals surface area contributed by atoms with E-state index < -0.39 is 11.8 Å². The van der Waals surface area contributed by atoms with E-state index in [0.29, 0.717) is 11.2 Å². The minimum atomic E-state index is -1.20. The van der Waals surface area contributed by atoms with Crippen LogP contribution in [0.4, 0.5) is 4.39 Å². The molecule has 1 saturated carbocycles. The summed E-state index contributed by atoms with van der Waals surface area (Å²) >= 11 is 3.29. The van der Waals surface area contributed by atoms with E-state index in [-0.39, 0.29) is 5.56 Å². The van der Waals surface area contributed by atoms with E-state index in [1.54, 1.807) is 0 Å². The second kappa shape index (κ2) is 3.93. The van der Waals surface area contributed by atoms with Crippen molar-refractivity contribution in [3.8, 4) is 0 Å². The Morgan fingerprint density at radius 2 is 2.20 bits per heavy atom. The van der Waals surface area contributed by atoms with Crippen LogP contribution < -0.4 is 0 Å². The zero-order chi connectivity index (χ0) is 11.0. The Kier molecular flexibility index (Phi) is 2.78. The average molecular weight is 273 g/mol. The van der Waals surface area contributed by atoms with Gasteiger partial charge in [0.1, 0.15) is 5.82 Å². The molecule has 0 spiro atoms. The molecule has 0 amide bonds. The summed E-state index contributed by atoms with van der Waals surface area (Å²) in [7, 11) is 0. The molecule has 0 aromatic heterocycles. The highest BCUT2D eigenvalue weighted by molar-refractivity contribution is 9.08. The van der Waals surface area contributed by atoms with Gasteiger partial charge in [-0.3, -0.25) is 0 Å². The maximum absolute atomic E-state index is 13.4.